The molecule has 82 valence electrons. The van der Waals surface area contributed by atoms with Crippen molar-refractivity contribution in [2.75, 3.05) is 6.54 Å². The number of amides is 1. The van der Waals surface area contributed by atoms with Crippen molar-refractivity contribution < 1.29 is 13.2 Å². The Morgan fingerprint density at radius 1 is 1.50 bits per heavy atom. The van der Waals surface area contributed by atoms with E-state index < -0.39 is 15.7 Å². The second-order valence-corrected chi connectivity index (χ2v) is 5.53. The zero-order valence-corrected chi connectivity index (χ0v) is 9.68. The predicted molar refractivity (Wildman–Crippen MR) is 52.7 cm³/mol. The summed E-state index contributed by atoms with van der Waals surface area (Å²) >= 11 is 0. The topological polar surface area (TPSA) is 66.5 Å². The number of rotatable bonds is 2. The Morgan fingerprint density at radius 3 is 2.21 bits per heavy atom. The largest absolute Gasteiger partial charge is 0.304 e. The van der Waals surface area contributed by atoms with Crippen molar-refractivity contribution in [3.8, 4) is 0 Å². The molecule has 1 fully saturated rings. The lowest BCUT2D eigenvalue weighted by molar-refractivity contribution is -0.131. The maximum Gasteiger partial charge on any atom is 0.304 e. The maximum atomic E-state index is 11.8. The Kier molecular flexibility index (Phi) is 2.62. The average Bonchev–Trinajstić information content (AvgIpc) is 2.19. The van der Waals surface area contributed by atoms with Crippen LogP contribution in [0, 0.1) is 5.92 Å². The van der Waals surface area contributed by atoms with Crippen LogP contribution < -0.4 is 4.72 Å². The van der Waals surface area contributed by atoms with Gasteiger partial charge in [0, 0.05) is 6.54 Å². The number of likely N-dealkylation sites (N-methyl/N-ethyl adjacent to an activating group) is 1. The molecule has 1 saturated heterocycles. The van der Waals surface area contributed by atoms with E-state index in [-0.39, 0.29) is 18.4 Å². The summed E-state index contributed by atoms with van der Waals surface area (Å²) in [6.07, 6.45) is 0. The van der Waals surface area contributed by atoms with Crippen LogP contribution in [-0.2, 0) is 15.0 Å². The minimum atomic E-state index is -3.61. The first-order valence-corrected chi connectivity index (χ1v) is 6.05. The molecule has 1 rings (SSSR count). The minimum absolute atomic E-state index is 0.0682. The zero-order chi connectivity index (χ0) is 11.1. The van der Waals surface area contributed by atoms with E-state index in [9.17, 15) is 13.2 Å². The molecule has 1 amide bonds. The molecule has 1 aliphatic heterocycles. The second kappa shape index (κ2) is 3.20. The van der Waals surface area contributed by atoms with E-state index in [1.165, 1.54) is 0 Å². The highest BCUT2D eigenvalue weighted by Gasteiger charge is 2.52. The first-order chi connectivity index (χ1) is 6.25. The molecule has 0 bridgehead atoms. The monoisotopic (exact) mass is 220 g/mol. The number of nitrogens with one attached hydrogen (secondary N) is 1. The summed E-state index contributed by atoms with van der Waals surface area (Å²) in [6.45, 7) is 7.08. The lowest BCUT2D eigenvalue weighted by Crippen LogP contribution is -2.48. The molecule has 1 unspecified atom stereocenters. The molecule has 1 atom stereocenters. The van der Waals surface area contributed by atoms with Gasteiger partial charge in [0.1, 0.15) is 5.54 Å². The molecule has 0 aliphatic carbocycles. The van der Waals surface area contributed by atoms with Crippen LogP contribution >= 0.6 is 0 Å². The summed E-state index contributed by atoms with van der Waals surface area (Å²) in [7, 11) is -3.61. The van der Waals surface area contributed by atoms with E-state index >= 15 is 0 Å². The van der Waals surface area contributed by atoms with E-state index in [0.29, 0.717) is 0 Å². The smallest absolute Gasteiger partial charge is 0.272 e. The van der Waals surface area contributed by atoms with E-state index in [2.05, 4.69) is 4.72 Å². The molecule has 0 aromatic carbocycles. The Hall–Kier alpha value is -0.620. The van der Waals surface area contributed by atoms with Gasteiger partial charge in [0.15, 0.2) is 0 Å². The summed E-state index contributed by atoms with van der Waals surface area (Å²) in [5, 5.41) is 0. The first-order valence-electron chi connectivity index (χ1n) is 4.61. The van der Waals surface area contributed by atoms with Crippen LogP contribution in [0.3, 0.4) is 0 Å². The number of hydrogen-bond acceptors (Lipinski definition) is 3. The molecule has 5 nitrogen and oxygen atoms in total. The fourth-order valence-corrected chi connectivity index (χ4v) is 3.13. The van der Waals surface area contributed by atoms with Gasteiger partial charge in [0.2, 0.25) is 0 Å². The van der Waals surface area contributed by atoms with Crippen LogP contribution in [0.4, 0.5) is 0 Å². The molecule has 1 aliphatic rings. The van der Waals surface area contributed by atoms with E-state index in [0.717, 1.165) is 4.31 Å². The molecule has 0 spiro atoms. The van der Waals surface area contributed by atoms with Gasteiger partial charge in [-0.05, 0) is 19.8 Å². The van der Waals surface area contributed by atoms with Gasteiger partial charge in [-0.2, -0.15) is 13.1 Å². The van der Waals surface area contributed by atoms with Crippen LogP contribution in [0.2, 0.25) is 0 Å². The second-order valence-electron chi connectivity index (χ2n) is 3.93. The van der Waals surface area contributed by atoms with Gasteiger partial charge in [-0.3, -0.25) is 4.79 Å². The molecule has 0 saturated carbocycles. The highest BCUT2D eigenvalue weighted by Crippen LogP contribution is 2.27. The molecule has 6 heteroatoms. The van der Waals surface area contributed by atoms with Gasteiger partial charge in [0.25, 0.3) is 5.91 Å². The minimum Gasteiger partial charge on any atom is -0.272 e. The summed E-state index contributed by atoms with van der Waals surface area (Å²) in [5.41, 5.74) is -0.991. The molecule has 1 N–H and O–H groups in total. The molecule has 0 radical (unpaired) electrons. The van der Waals surface area contributed by atoms with Crippen molar-refractivity contribution in [1.29, 1.82) is 0 Å². The quantitative estimate of drug-likeness (QED) is 0.717. The first kappa shape index (κ1) is 11.5. The molecular weight excluding hydrogens is 204 g/mol. The van der Waals surface area contributed by atoms with Crippen molar-refractivity contribution >= 4 is 16.1 Å². The normalized spacial score (nSPS) is 31.5. The van der Waals surface area contributed by atoms with Crippen molar-refractivity contribution in [3.05, 3.63) is 0 Å². The number of hydrogen-bond donors (Lipinski definition) is 1. The Morgan fingerprint density at radius 2 is 2.00 bits per heavy atom. The third kappa shape index (κ3) is 1.42. The van der Waals surface area contributed by atoms with Crippen molar-refractivity contribution in [2.24, 2.45) is 5.92 Å². The fraction of sp³-hybridized carbons (Fsp3) is 0.875. The van der Waals surface area contributed by atoms with Crippen LogP contribution in [0.5, 0.6) is 0 Å². The van der Waals surface area contributed by atoms with E-state index in [1.807, 2.05) is 13.8 Å². The van der Waals surface area contributed by atoms with E-state index in [1.54, 1.807) is 13.8 Å². The van der Waals surface area contributed by atoms with Crippen molar-refractivity contribution in [3.63, 3.8) is 0 Å². The predicted octanol–water partition coefficient (Wildman–Crippen LogP) is 0.0976. The van der Waals surface area contributed by atoms with Gasteiger partial charge >= 0.3 is 10.2 Å². The maximum absolute atomic E-state index is 11.8. The van der Waals surface area contributed by atoms with Gasteiger partial charge in [-0.15, -0.1) is 0 Å². The summed E-state index contributed by atoms with van der Waals surface area (Å²) in [6, 6.07) is 0. The van der Waals surface area contributed by atoms with Gasteiger partial charge < -0.3 is 0 Å². The highest BCUT2D eigenvalue weighted by atomic mass is 32.2. The third-order valence-corrected chi connectivity index (χ3v) is 4.43. The van der Waals surface area contributed by atoms with E-state index in [4.69, 9.17) is 0 Å². The van der Waals surface area contributed by atoms with Crippen molar-refractivity contribution in [1.82, 2.24) is 9.03 Å². The van der Waals surface area contributed by atoms with Gasteiger partial charge in [-0.25, -0.2) is 4.31 Å². The fourth-order valence-electron chi connectivity index (χ4n) is 1.41. The number of nitrogens with zero attached hydrogens (tertiary/aromatic N) is 1. The molecule has 0 aromatic rings. The van der Waals surface area contributed by atoms with Gasteiger partial charge in [-0.1, -0.05) is 13.8 Å². The third-order valence-electron chi connectivity index (χ3n) is 2.74. The van der Waals surface area contributed by atoms with Crippen LogP contribution in [0.25, 0.3) is 0 Å². The lowest BCUT2D eigenvalue weighted by Gasteiger charge is -2.24. The summed E-state index contributed by atoms with van der Waals surface area (Å²) in [5.74, 6) is -0.434. The molecular formula is C8H16N2O3S. The standard InChI is InChI=1S/C8H16N2O3S/c1-5-10-7(11)8(4,6(2)3)9-14(10,12)13/h6,9H,5H2,1-4H3. The number of carbonyl (C=O) groups is 1. The van der Waals surface area contributed by atoms with Crippen molar-refractivity contribution in [2.45, 2.75) is 33.2 Å². The zero-order valence-electron chi connectivity index (χ0n) is 8.86. The van der Waals surface area contributed by atoms with Gasteiger partial charge in [0.05, 0.1) is 0 Å². The molecule has 0 aromatic heterocycles. The van der Waals surface area contributed by atoms with Crippen LogP contribution in [0.1, 0.15) is 27.7 Å². The summed E-state index contributed by atoms with van der Waals surface area (Å²) < 4.78 is 26.3. The van der Waals surface area contributed by atoms with Crippen LogP contribution in [0.15, 0.2) is 0 Å². The highest BCUT2D eigenvalue weighted by molar-refractivity contribution is 7.88. The Labute approximate surface area is 84.7 Å². The number of carbonyl (C=O) groups excluding carboxylic acids is 1. The molecule has 14 heavy (non-hydrogen) atoms. The summed E-state index contributed by atoms with van der Waals surface area (Å²) in [4.78, 5) is 11.8. The van der Waals surface area contributed by atoms with Crippen LogP contribution in [-0.4, -0.2) is 30.7 Å². The SMILES string of the molecule is CCN1C(=O)C(C)(C(C)C)NS1(=O)=O. The Bertz CT molecular complexity index is 350. The average molecular weight is 220 g/mol. The Balaban J connectivity index is 3.17. The molecule has 1 heterocycles. The lowest BCUT2D eigenvalue weighted by atomic mass is 9.89.